The van der Waals surface area contributed by atoms with Crippen molar-refractivity contribution in [2.45, 2.75) is 155 Å². The number of carbonyl (C=O) groups excluding carboxylic acids is 1. The van der Waals surface area contributed by atoms with Gasteiger partial charge in [-0.15, -0.1) is 0 Å². The summed E-state index contributed by atoms with van der Waals surface area (Å²) in [5.41, 5.74) is 6.50. The number of hydrogen-bond acceptors (Lipinski definition) is 7. The van der Waals surface area contributed by atoms with Crippen LogP contribution in [0.15, 0.2) is 49.1 Å². The second-order valence-corrected chi connectivity index (χ2v) is 46.4. The van der Waals surface area contributed by atoms with E-state index in [9.17, 15) is 9.59 Å². The third kappa shape index (κ3) is 56.6. The van der Waals surface area contributed by atoms with Crippen LogP contribution in [0.2, 0.25) is 0 Å². The van der Waals surface area contributed by atoms with E-state index in [1.807, 2.05) is 0 Å². The monoisotopic (exact) mass is 1270 g/mol. The summed E-state index contributed by atoms with van der Waals surface area (Å²) in [6.07, 6.45) is 35.4. The topological polar surface area (TPSA) is 106 Å². The summed E-state index contributed by atoms with van der Waals surface area (Å²) in [5, 5.41) is 8.36. The second kappa shape index (κ2) is 61.1. The maximum Gasteiger partial charge on any atom is 0.335 e. The van der Waals surface area contributed by atoms with E-state index in [2.05, 4.69) is 23.8 Å². The number of aromatic nitrogens is 2. The summed E-state index contributed by atoms with van der Waals surface area (Å²) in [4.78, 5) is 29.7. The Labute approximate surface area is 448 Å². The summed E-state index contributed by atoms with van der Waals surface area (Å²) in [6.45, 7) is 5.41. The number of carboxylic acid groups (broad SMARTS) is 1. The number of aromatic carboxylic acids is 1. The first-order valence-corrected chi connectivity index (χ1v) is 47.3. The molecule has 0 atom stereocenters. The molecular weight excluding hydrogens is 1210 g/mol. The molecule has 0 aliphatic heterocycles. The molecule has 2 rings (SSSR count). The summed E-state index contributed by atoms with van der Waals surface area (Å²) in [7, 11) is 32.6. The van der Waals surface area contributed by atoms with Crippen molar-refractivity contribution in [1.82, 2.24) is 9.97 Å². The lowest BCUT2D eigenvalue weighted by Crippen LogP contribution is -1.98. The summed E-state index contributed by atoms with van der Waals surface area (Å²) in [6, 6.07) is 6.51. The molecular formula is C37H63N3O3S21. The lowest BCUT2D eigenvalue weighted by molar-refractivity contribution is 0.0696. The van der Waals surface area contributed by atoms with Gasteiger partial charge in [-0.3, -0.25) is 14.8 Å². The molecule has 0 spiro atoms. The lowest BCUT2D eigenvalue weighted by atomic mass is 10.0. The normalized spacial score (nSPS) is 9.36. The molecule has 0 amide bonds. The minimum absolute atomic E-state index is 0.258. The standard InChI is InChI=1S/C19H31NO.C12H27N.C6H5NO2.S21/c1-2-3-4-5-6-7-8-9-10-11-12-13-19(21)18-14-16-20-17-15-18;1-2-3-4-5-6-7-8-9-10-11-12-13;8-6(9)5-1-3-7-4-2-5;1-3-5-7-9-11-13-15-17-19-21-20-18-16-14-12-10-8-6-4-2/h14-17H,2-13H2,1H3;2-13H2,1H3;1-4H,(H,8,9);. The fraction of sp³-hybridized carbons (Fsp3) is 0.676. The molecule has 3 N–H and O–H groups in total. The average molecular weight is 1270 g/mol. The van der Waals surface area contributed by atoms with E-state index in [1.165, 1.54) is 171 Å². The van der Waals surface area contributed by atoms with Crippen LogP contribution < -0.4 is 5.73 Å². The van der Waals surface area contributed by atoms with Gasteiger partial charge >= 0.3 is 5.97 Å². The summed E-state index contributed by atoms with van der Waals surface area (Å²) in [5.74, 6) is -0.661. The maximum absolute atomic E-state index is 11.9. The van der Waals surface area contributed by atoms with Crippen molar-refractivity contribution in [3.63, 3.8) is 0 Å². The van der Waals surface area contributed by atoms with Crippen molar-refractivity contribution in [3.8, 4) is 0 Å². The van der Waals surface area contributed by atoms with Gasteiger partial charge in [0.05, 0.1) is 5.56 Å². The Morgan fingerprint density at radius 3 is 0.969 bits per heavy atom. The molecule has 2 heterocycles. The highest BCUT2D eigenvalue weighted by Gasteiger charge is 2.04. The molecule has 64 heavy (non-hydrogen) atoms. The van der Waals surface area contributed by atoms with Crippen LogP contribution in [0.25, 0.3) is 0 Å². The predicted octanol–water partition coefficient (Wildman–Crippen LogP) is 10.6. The molecule has 2 aromatic heterocycles. The van der Waals surface area contributed by atoms with Gasteiger partial charge < -0.3 is 10.8 Å². The fourth-order valence-corrected chi connectivity index (χ4v) is 51.6. The third-order valence-corrected chi connectivity index (χ3v) is 48.0. The highest BCUT2D eigenvalue weighted by molar-refractivity contribution is 8.78. The third-order valence-electron chi connectivity index (χ3n) is 7.99. The van der Waals surface area contributed by atoms with Gasteiger partial charge in [0.15, 0.2) is 5.78 Å². The Bertz CT molecular complexity index is 2260. The van der Waals surface area contributed by atoms with E-state index in [0.29, 0.717) is 6.42 Å². The first-order chi connectivity index (χ1) is 31.5. The zero-order chi connectivity index (χ0) is 47.1. The number of carboxylic acids is 1. The van der Waals surface area contributed by atoms with Crippen molar-refractivity contribution >= 4 is 203 Å². The van der Waals surface area contributed by atoms with Gasteiger partial charge in [-0.25, -0.2) is 4.79 Å². The number of pyridine rings is 2. The van der Waals surface area contributed by atoms with Gasteiger partial charge in [0, 0.05) is 228 Å². The van der Waals surface area contributed by atoms with E-state index in [4.69, 9.17) is 33.2 Å². The number of Topliss-reactive ketones (excluding diaryl/α,β-unsaturated/α-hetero) is 1. The molecule has 0 aromatic carbocycles. The first-order valence-electron chi connectivity index (χ1n) is 20.7. The van der Waals surface area contributed by atoms with Crippen LogP contribution in [0.5, 0.6) is 0 Å². The molecule has 2 aromatic rings. The second-order valence-electron chi connectivity index (χ2n) is 12.7. The largest absolute Gasteiger partial charge is 0.478 e. The molecule has 0 fully saturated rings. The molecule has 0 radical (unpaired) electrons. The highest BCUT2D eigenvalue weighted by Crippen LogP contribution is 2.13. The molecule has 0 unspecified atom stereocenters. The average Bonchev–Trinajstić information content (AvgIpc) is 3.32. The van der Waals surface area contributed by atoms with Gasteiger partial charge in [0.1, 0.15) is 0 Å². The van der Waals surface area contributed by atoms with Crippen molar-refractivity contribution in [2.75, 3.05) is 6.54 Å². The van der Waals surface area contributed by atoms with E-state index in [0.717, 1.165) is 18.5 Å². The Morgan fingerprint density at radius 1 is 0.438 bits per heavy atom. The molecule has 6 nitrogen and oxygen atoms in total. The SMILES string of the molecule is CCCCCCCCCCCCCC(=O)c1ccncc1.CCCCCCCCCCCCN.O=C(O)c1ccncc1.S=S=S=S=S=S=S=S=S=S=S=S=S=S=S=S=S=S=S=S=S. The van der Waals surface area contributed by atoms with E-state index >= 15 is 0 Å². The molecule has 370 valence electrons. The number of rotatable bonds is 24. The molecule has 0 aliphatic carbocycles. The minimum Gasteiger partial charge on any atom is -0.478 e. The highest BCUT2D eigenvalue weighted by atomic mass is 33.5. The Balaban J connectivity index is 0. The Morgan fingerprint density at radius 2 is 0.703 bits per heavy atom. The van der Waals surface area contributed by atoms with Gasteiger partial charge in [0.2, 0.25) is 0 Å². The number of ketones is 1. The van der Waals surface area contributed by atoms with Crippen molar-refractivity contribution < 1.29 is 14.7 Å². The molecule has 0 bridgehead atoms. The van der Waals surface area contributed by atoms with Crippen LogP contribution in [0, 0.1) is 0 Å². The number of unbranched alkanes of at least 4 members (excludes halogenated alkanes) is 19. The minimum atomic E-state index is -0.919. The quantitative estimate of drug-likeness (QED) is 0.0791. The Hall–Kier alpha value is 2.02. The zero-order valence-electron chi connectivity index (χ0n) is 36.2. The molecule has 0 saturated carbocycles. The first kappa shape index (κ1) is 68.1. The van der Waals surface area contributed by atoms with Crippen LogP contribution in [-0.4, -0.2) is 33.4 Å². The van der Waals surface area contributed by atoms with Crippen LogP contribution in [0.3, 0.4) is 0 Å². The number of nitrogens with two attached hydrogens (primary N) is 1. The van der Waals surface area contributed by atoms with E-state index in [1.54, 1.807) is 175 Å². The molecule has 27 heteroatoms. The number of hydrogen-bond donors (Lipinski definition) is 2. The van der Waals surface area contributed by atoms with Crippen LogP contribution in [0.1, 0.15) is 176 Å². The van der Waals surface area contributed by atoms with Crippen molar-refractivity contribution in [3.05, 3.63) is 60.2 Å². The van der Waals surface area contributed by atoms with Crippen LogP contribution in [0.4, 0.5) is 0 Å². The van der Waals surface area contributed by atoms with E-state index < -0.39 is 5.97 Å². The van der Waals surface area contributed by atoms with Gasteiger partial charge in [-0.1, -0.05) is 136 Å². The van der Waals surface area contributed by atoms with E-state index in [-0.39, 0.29) is 11.3 Å². The van der Waals surface area contributed by atoms with Crippen LogP contribution in [-0.2, 0) is 191 Å². The van der Waals surface area contributed by atoms with Gasteiger partial charge in [-0.2, -0.15) is 0 Å². The smallest absolute Gasteiger partial charge is 0.335 e. The fourth-order valence-electron chi connectivity index (χ4n) is 4.95. The summed E-state index contributed by atoms with van der Waals surface area (Å²) < 4.78 is 0. The van der Waals surface area contributed by atoms with Crippen LogP contribution >= 0.6 is 0 Å². The molecule has 0 aliphatic rings. The molecule has 0 saturated heterocycles. The maximum atomic E-state index is 11.9. The zero-order valence-corrected chi connectivity index (χ0v) is 53.3. The van der Waals surface area contributed by atoms with Gasteiger partial charge in [0.25, 0.3) is 0 Å². The van der Waals surface area contributed by atoms with Crippen molar-refractivity contribution in [1.29, 1.82) is 0 Å². The number of nitrogens with zero attached hydrogens (tertiary/aromatic N) is 2. The lowest BCUT2D eigenvalue weighted by Gasteiger charge is -2.03. The summed E-state index contributed by atoms with van der Waals surface area (Å²) >= 11 is 9.52. The number of carbonyl (C=O) groups is 2. The Kier molecular flexibility index (Phi) is 65.1. The van der Waals surface area contributed by atoms with Crippen molar-refractivity contribution in [2.24, 2.45) is 5.73 Å². The predicted molar refractivity (Wildman–Crippen MR) is 336 cm³/mol. The van der Waals surface area contributed by atoms with Gasteiger partial charge in [-0.05, 0) is 43.7 Å².